The first-order valence-corrected chi connectivity index (χ1v) is 8.52. The highest BCUT2D eigenvalue weighted by Crippen LogP contribution is 2.21. The van der Waals surface area contributed by atoms with E-state index in [1.165, 1.54) is 16.8 Å². The molecule has 3 heterocycles. The minimum Gasteiger partial charge on any atom is -0.367 e. The predicted octanol–water partition coefficient (Wildman–Crippen LogP) is 1.75. The first kappa shape index (κ1) is 15.6. The van der Waals surface area contributed by atoms with Crippen molar-refractivity contribution in [3.8, 4) is 0 Å². The number of anilines is 2. The van der Waals surface area contributed by atoms with Crippen LogP contribution in [-0.2, 0) is 6.54 Å². The zero-order chi connectivity index (χ0) is 17.1. The minimum atomic E-state index is 0.686. The summed E-state index contributed by atoms with van der Waals surface area (Å²) < 4.78 is 1.88. The van der Waals surface area contributed by atoms with Crippen molar-refractivity contribution in [1.29, 1.82) is 0 Å². The third-order valence-electron chi connectivity index (χ3n) is 4.60. The number of rotatable bonds is 4. The molecule has 0 atom stereocenters. The van der Waals surface area contributed by atoms with Gasteiger partial charge in [0.25, 0.3) is 0 Å². The fourth-order valence-electron chi connectivity index (χ4n) is 3.22. The Kier molecular flexibility index (Phi) is 4.28. The van der Waals surface area contributed by atoms with E-state index in [-0.39, 0.29) is 0 Å². The second kappa shape index (κ2) is 6.88. The minimum absolute atomic E-state index is 0.686. The molecule has 0 spiro atoms. The van der Waals surface area contributed by atoms with Gasteiger partial charge in [-0.25, -0.2) is 4.68 Å². The molecule has 0 unspecified atom stereocenters. The molecule has 1 aliphatic rings. The molecule has 128 valence electrons. The SMILES string of the molecule is Cc1ccncc1N1CCN(c2nnnn2Cc2ccccc2)CC1. The highest BCUT2D eigenvalue weighted by atomic mass is 15.6. The summed E-state index contributed by atoms with van der Waals surface area (Å²) in [6.45, 7) is 6.47. The largest absolute Gasteiger partial charge is 0.367 e. The second-order valence-corrected chi connectivity index (χ2v) is 6.26. The van der Waals surface area contributed by atoms with Crippen LogP contribution in [0, 0.1) is 6.92 Å². The number of nitrogens with zero attached hydrogens (tertiary/aromatic N) is 7. The van der Waals surface area contributed by atoms with E-state index in [0.717, 1.165) is 32.1 Å². The monoisotopic (exact) mass is 335 g/mol. The number of piperazine rings is 1. The van der Waals surface area contributed by atoms with Gasteiger partial charge in [-0.05, 0) is 34.5 Å². The van der Waals surface area contributed by atoms with Gasteiger partial charge >= 0.3 is 0 Å². The molecular weight excluding hydrogens is 314 g/mol. The number of tetrazole rings is 1. The highest BCUT2D eigenvalue weighted by Gasteiger charge is 2.22. The van der Waals surface area contributed by atoms with Gasteiger partial charge in [0, 0.05) is 32.4 Å². The quantitative estimate of drug-likeness (QED) is 0.724. The molecule has 7 heteroatoms. The summed E-state index contributed by atoms with van der Waals surface area (Å²) in [6, 6.07) is 12.3. The highest BCUT2D eigenvalue weighted by molar-refractivity contribution is 5.52. The van der Waals surface area contributed by atoms with Crippen LogP contribution in [0.2, 0.25) is 0 Å². The van der Waals surface area contributed by atoms with Crippen molar-refractivity contribution in [3.63, 3.8) is 0 Å². The average molecular weight is 335 g/mol. The third-order valence-corrected chi connectivity index (χ3v) is 4.60. The molecule has 1 fully saturated rings. The molecule has 0 bridgehead atoms. The zero-order valence-electron chi connectivity index (χ0n) is 14.3. The van der Waals surface area contributed by atoms with Crippen LogP contribution in [0.3, 0.4) is 0 Å². The van der Waals surface area contributed by atoms with E-state index in [1.54, 1.807) is 0 Å². The van der Waals surface area contributed by atoms with Crippen molar-refractivity contribution in [2.75, 3.05) is 36.0 Å². The van der Waals surface area contributed by atoms with Gasteiger partial charge in [-0.3, -0.25) is 4.98 Å². The molecule has 25 heavy (non-hydrogen) atoms. The van der Waals surface area contributed by atoms with Crippen LogP contribution in [0.4, 0.5) is 11.6 Å². The van der Waals surface area contributed by atoms with Crippen molar-refractivity contribution in [3.05, 3.63) is 59.9 Å². The number of hydrogen-bond donors (Lipinski definition) is 0. The van der Waals surface area contributed by atoms with Gasteiger partial charge < -0.3 is 9.80 Å². The van der Waals surface area contributed by atoms with E-state index in [1.807, 2.05) is 35.3 Å². The summed E-state index contributed by atoms with van der Waals surface area (Å²) in [6.07, 6.45) is 3.79. The predicted molar refractivity (Wildman–Crippen MR) is 96.8 cm³/mol. The lowest BCUT2D eigenvalue weighted by Crippen LogP contribution is -2.47. The summed E-state index contributed by atoms with van der Waals surface area (Å²) in [5.74, 6) is 0.839. The molecule has 0 N–H and O–H groups in total. The third kappa shape index (κ3) is 3.31. The Morgan fingerprint density at radius 3 is 2.48 bits per heavy atom. The summed E-state index contributed by atoms with van der Waals surface area (Å²) in [4.78, 5) is 8.89. The maximum atomic E-state index is 4.26. The zero-order valence-corrected chi connectivity index (χ0v) is 14.3. The number of aryl methyl sites for hydroxylation is 1. The Morgan fingerprint density at radius 2 is 1.72 bits per heavy atom. The fourth-order valence-corrected chi connectivity index (χ4v) is 3.22. The Morgan fingerprint density at radius 1 is 0.960 bits per heavy atom. The standard InChI is InChI=1S/C18H21N7/c1-15-7-8-19-13-17(15)23-9-11-24(12-10-23)18-20-21-22-25(18)14-16-5-3-2-4-6-16/h2-8,13H,9-12,14H2,1H3. The lowest BCUT2D eigenvalue weighted by atomic mass is 10.2. The fraction of sp³-hybridized carbons (Fsp3) is 0.333. The Labute approximate surface area is 146 Å². The van der Waals surface area contributed by atoms with E-state index in [4.69, 9.17) is 0 Å². The first-order valence-electron chi connectivity index (χ1n) is 8.52. The van der Waals surface area contributed by atoms with E-state index in [2.05, 4.69) is 55.4 Å². The van der Waals surface area contributed by atoms with Crippen LogP contribution in [0.25, 0.3) is 0 Å². The van der Waals surface area contributed by atoms with Gasteiger partial charge in [0.1, 0.15) is 0 Å². The lowest BCUT2D eigenvalue weighted by Gasteiger charge is -2.36. The second-order valence-electron chi connectivity index (χ2n) is 6.26. The van der Waals surface area contributed by atoms with Crippen LogP contribution in [0.1, 0.15) is 11.1 Å². The summed E-state index contributed by atoms with van der Waals surface area (Å²) >= 11 is 0. The van der Waals surface area contributed by atoms with Crippen molar-refractivity contribution in [1.82, 2.24) is 25.2 Å². The maximum Gasteiger partial charge on any atom is 0.245 e. The maximum absolute atomic E-state index is 4.26. The molecule has 1 aromatic carbocycles. The van der Waals surface area contributed by atoms with Crippen molar-refractivity contribution >= 4 is 11.6 Å². The smallest absolute Gasteiger partial charge is 0.245 e. The summed E-state index contributed by atoms with van der Waals surface area (Å²) in [5, 5.41) is 12.3. The molecule has 1 saturated heterocycles. The van der Waals surface area contributed by atoms with Crippen LogP contribution in [-0.4, -0.2) is 51.4 Å². The normalized spacial score (nSPS) is 14.8. The summed E-state index contributed by atoms with van der Waals surface area (Å²) in [5.41, 5.74) is 3.67. The molecule has 2 aromatic heterocycles. The summed E-state index contributed by atoms with van der Waals surface area (Å²) in [7, 11) is 0. The molecule has 0 radical (unpaired) electrons. The van der Waals surface area contributed by atoms with Crippen LogP contribution in [0.5, 0.6) is 0 Å². The number of pyridine rings is 1. The van der Waals surface area contributed by atoms with Crippen molar-refractivity contribution in [2.45, 2.75) is 13.5 Å². The van der Waals surface area contributed by atoms with Gasteiger partial charge in [0.05, 0.1) is 18.4 Å². The van der Waals surface area contributed by atoms with E-state index >= 15 is 0 Å². The van der Waals surface area contributed by atoms with Gasteiger partial charge in [0.2, 0.25) is 5.95 Å². The lowest BCUT2D eigenvalue weighted by molar-refractivity contribution is 0.595. The van der Waals surface area contributed by atoms with Crippen LogP contribution in [0.15, 0.2) is 48.8 Å². The molecule has 7 nitrogen and oxygen atoms in total. The molecule has 0 aliphatic carbocycles. The molecular formula is C18H21N7. The van der Waals surface area contributed by atoms with Gasteiger partial charge in [0.15, 0.2) is 0 Å². The molecule has 0 amide bonds. The van der Waals surface area contributed by atoms with Gasteiger partial charge in [-0.15, -0.1) is 0 Å². The van der Waals surface area contributed by atoms with Crippen molar-refractivity contribution < 1.29 is 0 Å². The van der Waals surface area contributed by atoms with Gasteiger partial charge in [-0.1, -0.05) is 35.4 Å². The Balaban J connectivity index is 1.45. The van der Waals surface area contributed by atoms with Gasteiger partial charge in [-0.2, -0.15) is 0 Å². The van der Waals surface area contributed by atoms with E-state index < -0.39 is 0 Å². The number of hydrogen-bond acceptors (Lipinski definition) is 6. The molecule has 0 saturated carbocycles. The Hall–Kier alpha value is -2.96. The molecule has 3 aromatic rings. The first-order chi connectivity index (χ1) is 12.3. The topological polar surface area (TPSA) is 63.0 Å². The molecule has 1 aliphatic heterocycles. The van der Waals surface area contributed by atoms with Crippen LogP contribution < -0.4 is 9.80 Å². The Bertz CT molecular complexity index is 822. The van der Waals surface area contributed by atoms with Crippen LogP contribution >= 0.6 is 0 Å². The molecule has 4 rings (SSSR count). The van der Waals surface area contributed by atoms with E-state index in [0.29, 0.717) is 6.54 Å². The van der Waals surface area contributed by atoms with E-state index in [9.17, 15) is 0 Å². The van der Waals surface area contributed by atoms with Crippen molar-refractivity contribution in [2.24, 2.45) is 0 Å². The average Bonchev–Trinajstić information content (AvgIpc) is 3.11. The number of aromatic nitrogens is 5. The number of benzene rings is 1.